The van der Waals surface area contributed by atoms with Gasteiger partial charge in [-0.2, -0.15) is 0 Å². The van der Waals surface area contributed by atoms with Crippen molar-refractivity contribution >= 4 is 56.6 Å². The van der Waals surface area contributed by atoms with E-state index in [4.69, 9.17) is 23.2 Å². The highest BCUT2D eigenvalue weighted by Gasteiger charge is 2.41. The Labute approximate surface area is 195 Å². The SMILES string of the molecule is C[C@@H](C(=O)Nc1cccc(S(=O)(=O)NC(C)(C)C)c1)N1C(=O)c2cc(Cl)c(Cl)cc2C1=O. The summed E-state index contributed by atoms with van der Waals surface area (Å²) in [5.74, 6) is -2.01. The predicted molar refractivity (Wildman–Crippen MR) is 122 cm³/mol. The van der Waals surface area contributed by atoms with E-state index >= 15 is 0 Å². The van der Waals surface area contributed by atoms with Crippen LogP contribution in [0, 0.1) is 0 Å². The van der Waals surface area contributed by atoms with E-state index in [0.29, 0.717) is 0 Å². The molecule has 1 aliphatic rings. The molecule has 2 aromatic rings. The van der Waals surface area contributed by atoms with E-state index in [-0.39, 0.29) is 31.8 Å². The summed E-state index contributed by atoms with van der Waals surface area (Å²) in [5.41, 5.74) is -0.374. The van der Waals surface area contributed by atoms with Gasteiger partial charge in [-0.05, 0) is 58.0 Å². The number of benzene rings is 2. The number of fused-ring (bicyclic) bond motifs is 1. The summed E-state index contributed by atoms with van der Waals surface area (Å²) in [6, 6.07) is 7.08. The average Bonchev–Trinajstić information content (AvgIpc) is 2.90. The van der Waals surface area contributed by atoms with Crippen LogP contribution in [0.4, 0.5) is 5.69 Å². The largest absolute Gasteiger partial charge is 0.324 e. The van der Waals surface area contributed by atoms with Crippen molar-refractivity contribution < 1.29 is 22.8 Å². The molecule has 2 aromatic carbocycles. The monoisotopic (exact) mass is 497 g/mol. The molecule has 2 N–H and O–H groups in total. The van der Waals surface area contributed by atoms with E-state index in [0.717, 1.165) is 4.90 Å². The normalized spacial score (nSPS) is 15.0. The van der Waals surface area contributed by atoms with Crippen LogP contribution in [-0.2, 0) is 14.8 Å². The van der Waals surface area contributed by atoms with E-state index in [2.05, 4.69) is 10.0 Å². The fourth-order valence-corrected chi connectivity index (χ4v) is 4.96. The standard InChI is InChI=1S/C21H21Cl2N3O5S/c1-11(26-19(28)14-9-16(22)17(23)10-15(14)20(26)29)18(27)24-12-6-5-7-13(8-12)32(30,31)25-21(2,3)4/h5-11,25H,1-4H3,(H,24,27)/t11-/m0/s1. The first-order chi connectivity index (χ1) is 14.7. The summed E-state index contributed by atoms with van der Waals surface area (Å²) in [7, 11) is -3.82. The lowest BCUT2D eigenvalue weighted by atomic mass is 10.1. The lowest BCUT2D eigenvalue weighted by Gasteiger charge is -2.22. The third-order valence-electron chi connectivity index (χ3n) is 4.58. The quantitative estimate of drug-likeness (QED) is 0.611. The molecule has 0 saturated carbocycles. The highest BCUT2D eigenvalue weighted by molar-refractivity contribution is 7.89. The topological polar surface area (TPSA) is 113 Å². The number of halogens is 2. The lowest BCUT2D eigenvalue weighted by molar-refractivity contribution is -0.119. The zero-order valence-electron chi connectivity index (χ0n) is 17.7. The van der Waals surface area contributed by atoms with Crippen molar-refractivity contribution in [2.45, 2.75) is 44.2 Å². The first-order valence-electron chi connectivity index (χ1n) is 9.53. The number of rotatable bonds is 5. The summed E-state index contributed by atoms with van der Waals surface area (Å²) in [6.45, 7) is 6.52. The molecule has 0 fully saturated rings. The third kappa shape index (κ3) is 4.80. The van der Waals surface area contributed by atoms with E-state index in [1.54, 1.807) is 20.8 Å². The zero-order valence-corrected chi connectivity index (χ0v) is 20.0. The maximum Gasteiger partial charge on any atom is 0.262 e. The molecule has 3 rings (SSSR count). The van der Waals surface area contributed by atoms with Gasteiger partial charge in [0.25, 0.3) is 11.8 Å². The van der Waals surface area contributed by atoms with Gasteiger partial charge in [-0.25, -0.2) is 13.1 Å². The van der Waals surface area contributed by atoms with E-state index in [1.807, 2.05) is 0 Å². The van der Waals surface area contributed by atoms with Crippen LogP contribution in [0.15, 0.2) is 41.3 Å². The summed E-state index contributed by atoms with van der Waals surface area (Å²) in [6.07, 6.45) is 0. The Bertz CT molecular complexity index is 1200. The second kappa shape index (κ2) is 8.47. The molecule has 0 spiro atoms. The summed E-state index contributed by atoms with van der Waals surface area (Å²) in [4.78, 5) is 39.0. The molecule has 32 heavy (non-hydrogen) atoms. The van der Waals surface area contributed by atoms with Crippen LogP contribution in [0.1, 0.15) is 48.4 Å². The number of carbonyl (C=O) groups excluding carboxylic acids is 3. The molecule has 0 aromatic heterocycles. The Morgan fingerprint density at radius 1 is 1.00 bits per heavy atom. The predicted octanol–water partition coefficient (Wildman–Crippen LogP) is 3.69. The highest BCUT2D eigenvalue weighted by atomic mass is 35.5. The van der Waals surface area contributed by atoms with Gasteiger partial charge in [0.2, 0.25) is 15.9 Å². The van der Waals surface area contributed by atoms with Crippen LogP contribution >= 0.6 is 23.2 Å². The van der Waals surface area contributed by atoms with Crippen LogP contribution in [0.3, 0.4) is 0 Å². The second-order valence-corrected chi connectivity index (χ2v) is 10.8. The number of imide groups is 1. The molecule has 0 aliphatic carbocycles. The molecule has 0 unspecified atom stereocenters. The van der Waals surface area contributed by atoms with Crippen LogP contribution in [0.5, 0.6) is 0 Å². The minimum atomic E-state index is -3.82. The number of hydrogen-bond acceptors (Lipinski definition) is 5. The van der Waals surface area contributed by atoms with Gasteiger partial charge < -0.3 is 5.32 Å². The summed E-state index contributed by atoms with van der Waals surface area (Å²) >= 11 is 11.9. The molecule has 0 saturated heterocycles. The Morgan fingerprint density at radius 2 is 1.53 bits per heavy atom. The Balaban J connectivity index is 1.81. The molecular weight excluding hydrogens is 477 g/mol. The van der Waals surface area contributed by atoms with Gasteiger partial charge in [0.15, 0.2) is 0 Å². The zero-order chi connectivity index (χ0) is 24.0. The number of sulfonamides is 1. The smallest absolute Gasteiger partial charge is 0.262 e. The van der Waals surface area contributed by atoms with Crippen molar-refractivity contribution in [1.29, 1.82) is 0 Å². The van der Waals surface area contributed by atoms with Crippen molar-refractivity contribution in [3.05, 3.63) is 57.6 Å². The number of nitrogens with zero attached hydrogens (tertiary/aromatic N) is 1. The van der Waals surface area contributed by atoms with Gasteiger partial charge >= 0.3 is 0 Å². The van der Waals surface area contributed by atoms with Crippen LogP contribution in [0.2, 0.25) is 10.0 Å². The number of amides is 3. The molecular formula is C21H21Cl2N3O5S. The van der Waals surface area contributed by atoms with Crippen molar-refractivity contribution in [3.63, 3.8) is 0 Å². The molecule has 3 amide bonds. The van der Waals surface area contributed by atoms with E-state index in [1.165, 1.54) is 43.3 Å². The van der Waals surface area contributed by atoms with Gasteiger partial charge in [0.1, 0.15) is 6.04 Å². The third-order valence-corrected chi connectivity index (χ3v) is 7.06. The Hall–Kier alpha value is -2.46. The van der Waals surface area contributed by atoms with Gasteiger partial charge in [0.05, 0.1) is 26.1 Å². The Morgan fingerprint density at radius 3 is 2.03 bits per heavy atom. The first-order valence-corrected chi connectivity index (χ1v) is 11.8. The minimum Gasteiger partial charge on any atom is -0.324 e. The number of hydrogen-bond donors (Lipinski definition) is 2. The summed E-state index contributed by atoms with van der Waals surface area (Å²) in [5, 5.41) is 2.79. The van der Waals surface area contributed by atoms with Gasteiger partial charge in [0, 0.05) is 11.2 Å². The Kier molecular flexibility index (Phi) is 6.41. The van der Waals surface area contributed by atoms with Crippen LogP contribution < -0.4 is 10.0 Å². The van der Waals surface area contributed by atoms with Crippen LogP contribution in [0.25, 0.3) is 0 Å². The van der Waals surface area contributed by atoms with E-state index < -0.39 is 39.3 Å². The minimum absolute atomic E-state index is 0.0390. The average molecular weight is 498 g/mol. The summed E-state index contributed by atoms with van der Waals surface area (Å²) < 4.78 is 27.6. The van der Waals surface area contributed by atoms with E-state index in [9.17, 15) is 22.8 Å². The number of anilines is 1. The molecule has 11 heteroatoms. The molecule has 170 valence electrons. The molecule has 0 radical (unpaired) electrons. The molecule has 1 heterocycles. The first kappa shape index (κ1) is 24.2. The second-order valence-electron chi connectivity index (χ2n) is 8.34. The van der Waals surface area contributed by atoms with Crippen molar-refractivity contribution in [1.82, 2.24) is 9.62 Å². The number of nitrogens with one attached hydrogen (secondary N) is 2. The fraction of sp³-hybridized carbons (Fsp3) is 0.286. The molecule has 0 bridgehead atoms. The maximum atomic E-state index is 12.8. The van der Waals surface area contributed by atoms with Crippen molar-refractivity contribution in [2.75, 3.05) is 5.32 Å². The fourth-order valence-electron chi connectivity index (χ4n) is 3.17. The maximum absolute atomic E-state index is 12.8. The molecule has 1 atom stereocenters. The molecule has 8 nitrogen and oxygen atoms in total. The lowest BCUT2D eigenvalue weighted by Crippen LogP contribution is -2.45. The van der Waals surface area contributed by atoms with Crippen molar-refractivity contribution in [3.8, 4) is 0 Å². The van der Waals surface area contributed by atoms with Gasteiger partial charge in [-0.15, -0.1) is 0 Å². The van der Waals surface area contributed by atoms with Crippen LogP contribution in [-0.4, -0.2) is 42.6 Å². The highest BCUT2D eigenvalue weighted by Crippen LogP contribution is 2.32. The van der Waals surface area contributed by atoms with Gasteiger partial charge in [-0.3, -0.25) is 19.3 Å². The van der Waals surface area contributed by atoms with Crippen molar-refractivity contribution in [2.24, 2.45) is 0 Å². The molecule has 1 aliphatic heterocycles. The number of carbonyl (C=O) groups is 3. The van der Waals surface area contributed by atoms with Gasteiger partial charge in [-0.1, -0.05) is 29.3 Å².